The standard InChI is InChI=1S/C6H12N2S4/c1-6(2,8-5(11)12)3-7-4(9)10/h3H2,1-2H3,(H2,7,9,10)(H2,8,11,12). The Morgan fingerprint density at radius 2 is 1.75 bits per heavy atom. The average Bonchev–Trinajstić information content (AvgIpc) is 1.81. The van der Waals surface area contributed by atoms with Gasteiger partial charge in [0.1, 0.15) is 8.64 Å². The van der Waals surface area contributed by atoms with Gasteiger partial charge < -0.3 is 10.6 Å². The minimum absolute atomic E-state index is 0.161. The third kappa shape index (κ3) is 7.15. The lowest BCUT2D eigenvalue weighted by Crippen LogP contribution is -2.49. The number of thiol groups is 2. The van der Waals surface area contributed by atoms with Crippen LogP contribution in [0.3, 0.4) is 0 Å². The average molecular weight is 240 g/mol. The fraction of sp³-hybridized carbons (Fsp3) is 0.667. The molecule has 0 fully saturated rings. The molecular formula is C6H12N2S4. The summed E-state index contributed by atoms with van der Waals surface area (Å²) in [5.41, 5.74) is -0.161. The molecule has 0 unspecified atom stereocenters. The van der Waals surface area contributed by atoms with E-state index >= 15 is 0 Å². The highest BCUT2D eigenvalue weighted by Gasteiger charge is 2.16. The molecule has 0 saturated heterocycles. The smallest absolute Gasteiger partial charge is 0.131 e. The van der Waals surface area contributed by atoms with Crippen LogP contribution in [0.5, 0.6) is 0 Å². The lowest BCUT2D eigenvalue weighted by Gasteiger charge is -2.26. The summed E-state index contributed by atoms with van der Waals surface area (Å²) in [6, 6.07) is 0. The first-order valence-corrected chi connectivity index (χ1v) is 5.02. The second kappa shape index (κ2) is 5.26. The van der Waals surface area contributed by atoms with E-state index in [-0.39, 0.29) is 5.54 Å². The Balaban J connectivity index is 3.86. The SMILES string of the molecule is CC(C)(CNC(=S)S)NC(=S)S. The molecule has 70 valence electrons. The Kier molecular flexibility index (Phi) is 5.47. The normalized spacial score (nSPS) is 10.7. The largest absolute Gasteiger partial charge is 0.369 e. The quantitative estimate of drug-likeness (QED) is 0.442. The molecule has 0 aromatic rings. The molecule has 0 spiro atoms. The predicted octanol–water partition coefficient (Wildman–Crippen LogP) is 1.37. The Bertz CT molecular complexity index is 190. The van der Waals surface area contributed by atoms with Crippen molar-refractivity contribution in [1.82, 2.24) is 10.6 Å². The lowest BCUT2D eigenvalue weighted by molar-refractivity contribution is 0.461. The van der Waals surface area contributed by atoms with E-state index in [1.165, 1.54) is 0 Å². The Labute approximate surface area is 94.7 Å². The summed E-state index contributed by atoms with van der Waals surface area (Å²) >= 11 is 17.5. The molecule has 0 bridgehead atoms. The molecular weight excluding hydrogens is 228 g/mol. The number of hydrogen-bond acceptors (Lipinski definition) is 2. The molecule has 0 heterocycles. The van der Waals surface area contributed by atoms with Crippen LogP contribution in [0.4, 0.5) is 0 Å². The highest BCUT2D eigenvalue weighted by atomic mass is 32.1. The highest BCUT2D eigenvalue weighted by Crippen LogP contribution is 2.01. The van der Waals surface area contributed by atoms with Gasteiger partial charge in [0, 0.05) is 6.54 Å². The highest BCUT2D eigenvalue weighted by molar-refractivity contribution is 8.11. The van der Waals surface area contributed by atoms with E-state index in [1.807, 2.05) is 13.8 Å². The van der Waals surface area contributed by atoms with E-state index in [4.69, 9.17) is 24.4 Å². The molecule has 0 aromatic carbocycles. The van der Waals surface area contributed by atoms with E-state index in [2.05, 4.69) is 35.9 Å². The van der Waals surface area contributed by atoms with Gasteiger partial charge in [-0.3, -0.25) is 0 Å². The summed E-state index contributed by atoms with van der Waals surface area (Å²) in [6.07, 6.45) is 0. The first kappa shape index (κ1) is 12.5. The van der Waals surface area contributed by atoms with Gasteiger partial charge in [0.05, 0.1) is 5.54 Å². The summed E-state index contributed by atoms with van der Waals surface area (Å²) in [5, 5.41) is 5.94. The summed E-state index contributed by atoms with van der Waals surface area (Å²) in [7, 11) is 0. The van der Waals surface area contributed by atoms with Crippen LogP contribution in [0.1, 0.15) is 13.8 Å². The van der Waals surface area contributed by atoms with Crippen LogP contribution in [-0.2, 0) is 0 Å². The van der Waals surface area contributed by atoms with Gasteiger partial charge in [-0.2, -0.15) is 0 Å². The molecule has 0 atom stereocenters. The maximum Gasteiger partial charge on any atom is 0.131 e. The second-order valence-electron chi connectivity index (χ2n) is 2.97. The molecule has 0 rings (SSSR count). The van der Waals surface area contributed by atoms with E-state index in [9.17, 15) is 0 Å². The zero-order chi connectivity index (χ0) is 9.78. The van der Waals surface area contributed by atoms with Crippen LogP contribution in [0, 0.1) is 0 Å². The van der Waals surface area contributed by atoms with E-state index in [0.29, 0.717) is 15.2 Å². The van der Waals surface area contributed by atoms with Crippen molar-refractivity contribution in [2.24, 2.45) is 0 Å². The van der Waals surface area contributed by atoms with Crippen molar-refractivity contribution in [2.45, 2.75) is 19.4 Å². The maximum atomic E-state index is 4.80. The molecule has 0 amide bonds. The lowest BCUT2D eigenvalue weighted by atomic mass is 10.1. The summed E-state index contributed by atoms with van der Waals surface area (Å²) in [5.74, 6) is 0. The van der Waals surface area contributed by atoms with Crippen molar-refractivity contribution in [2.75, 3.05) is 6.54 Å². The molecule has 0 aliphatic heterocycles. The molecule has 0 aliphatic carbocycles. The third-order valence-corrected chi connectivity index (χ3v) is 1.64. The van der Waals surface area contributed by atoms with Gasteiger partial charge in [-0.15, -0.1) is 25.3 Å². The number of rotatable bonds is 3. The van der Waals surface area contributed by atoms with Crippen molar-refractivity contribution in [1.29, 1.82) is 0 Å². The monoisotopic (exact) mass is 240 g/mol. The van der Waals surface area contributed by atoms with Crippen LogP contribution in [0.25, 0.3) is 0 Å². The maximum absolute atomic E-state index is 4.80. The van der Waals surface area contributed by atoms with Gasteiger partial charge in [0.15, 0.2) is 0 Å². The van der Waals surface area contributed by atoms with Crippen molar-refractivity contribution in [3.63, 3.8) is 0 Å². The van der Waals surface area contributed by atoms with Crippen LogP contribution in [-0.4, -0.2) is 20.7 Å². The molecule has 6 heteroatoms. The van der Waals surface area contributed by atoms with Gasteiger partial charge >= 0.3 is 0 Å². The van der Waals surface area contributed by atoms with E-state index in [0.717, 1.165) is 0 Å². The van der Waals surface area contributed by atoms with Gasteiger partial charge in [-0.25, -0.2) is 0 Å². The van der Waals surface area contributed by atoms with Crippen molar-refractivity contribution in [3.8, 4) is 0 Å². The van der Waals surface area contributed by atoms with Crippen molar-refractivity contribution in [3.05, 3.63) is 0 Å². The second-order valence-corrected chi connectivity index (χ2v) is 5.29. The molecule has 0 radical (unpaired) electrons. The minimum Gasteiger partial charge on any atom is -0.369 e. The number of nitrogens with one attached hydrogen (secondary N) is 2. The molecule has 2 nitrogen and oxygen atoms in total. The predicted molar refractivity (Wildman–Crippen MR) is 68.4 cm³/mol. The summed E-state index contributed by atoms with van der Waals surface area (Å²) < 4.78 is 0.960. The molecule has 12 heavy (non-hydrogen) atoms. The third-order valence-electron chi connectivity index (χ3n) is 1.13. The van der Waals surface area contributed by atoms with E-state index < -0.39 is 0 Å². The fourth-order valence-corrected chi connectivity index (χ4v) is 1.36. The van der Waals surface area contributed by atoms with Gasteiger partial charge in [0.25, 0.3) is 0 Å². The van der Waals surface area contributed by atoms with Crippen LogP contribution in [0.15, 0.2) is 0 Å². The Morgan fingerprint density at radius 1 is 1.25 bits per heavy atom. The first-order valence-electron chi connectivity index (χ1n) is 3.31. The number of thiocarbonyl (C=S) groups is 2. The number of hydrogen-bond donors (Lipinski definition) is 4. The Hall–Kier alpha value is 0.480. The van der Waals surface area contributed by atoms with Crippen molar-refractivity contribution < 1.29 is 0 Å². The fourth-order valence-electron chi connectivity index (χ4n) is 0.630. The molecule has 2 N–H and O–H groups in total. The summed E-state index contributed by atoms with van der Waals surface area (Å²) in [4.78, 5) is 0. The van der Waals surface area contributed by atoms with E-state index in [1.54, 1.807) is 0 Å². The van der Waals surface area contributed by atoms with Crippen LogP contribution < -0.4 is 10.6 Å². The summed E-state index contributed by atoms with van der Waals surface area (Å²) in [6.45, 7) is 4.65. The zero-order valence-electron chi connectivity index (χ0n) is 6.92. The van der Waals surface area contributed by atoms with Gasteiger partial charge in [-0.1, -0.05) is 24.4 Å². The van der Waals surface area contributed by atoms with Gasteiger partial charge in [-0.05, 0) is 13.8 Å². The first-order chi connectivity index (χ1) is 5.33. The Morgan fingerprint density at radius 3 is 2.08 bits per heavy atom. The van der Waals surface area contributed by atoms with Gasteiger partial charge in [0.2, 0.25) is 0 Å². The topological polar surface area (TPSA) is 24.1 Å². The zero-order valence-corrected chi connectivity index (χ0v) is 10.3. The van der Waals surface area contributed by atoms with Crippen molar-refractivity contribution >= 4 is 58.3 Å². The van der Waals surface area contributed by atoms with Crippen LogP contribution >= 0.6 is 49.7 Å². The van der Waals surface area contributed by atoms with Crippen LogP contribution in [0.2, 0.25) is 0 Å². The molecule has 0 aliphatic rings. The molecule has 0 aromatic heterocycles. The molecule has 0 saturated carbocycles. The minimum atomic E-state index is -0.161.